The molecule has 0 aliphatic rings. The minimum absolute atomic E-state index is 0.0128. The molecule has 0 saturated carbocycles. The largest absolute Gasteiger partial charge is 0.455 e. The van der Waals surface area contributed by atoms with Crippen molar-refractivity contribution in [2.45, 2.75) is 6.61 Å². The van der Waals surface area contributed by atoms with Gasteiger partial charge >= 0.3 is 5.97 Å². The monoisotopic (exact) mass is 320 g/mol. The summed E-state index contributed by atoms with van der Waals surface area (Å²) < 4.78 is 10.5. The average molecular weight is 321 g/mol. The van der Waals surface area contributed by atoms with E-state index in [4.69, 9.17) is 20.8 Å². The Labute approximate surface area is 129 Å². The number of esters is 1. The number of carbonyl (C=O) groups is 1. The van der Waals surface area contributed by atoms with Crippen LogP contribution < -0.4 is 0 Å². The molecule has 0 aliphatic heterocycles. The number of pyridine rings is 1. The van der Waals surface area contributed by atoms with Gasteiger partial charge in [-0.1, -0.05) is 17.7 Å². The Bertz CT molecular complexity index is 755. The number of hydrogen-bond donors (Lipinski definition) is 0. The van der Waals surface area contributed by atoms with Crippen LogP contribution in [0.4, 0.5) is 0 Å². The van der Waals surface area contributed by atoms with E-state index in [0.29, 0.717) is 11.6 Å². The van der Waals surface area contributed by atoms with Crippen molar-refractivity contribution in [3.63, 3.8) is 0 Å². The summed E-state index contributed by atoms with van der Waals surface area (Å²) in [4.78, 5) is 20.9. The lowest BCUT2D eigenvalue weighted by Gasteiger charge is -2.03. The van der Waals surface area contributed by atoms with Crippen molar-refractivity contribution < 1.29 is 13.9 Å². The van der Waals surface area contributed by atoms with Gasteiger partial charge in [0.1, 0.15) is 23.7 Å². The van der Waals surface area contributed by atoms with Gasteiger partial charge in [-0.25, -0.2) is 14.8 Å². The Morgan fingerprint density at radius 2 is 2.29 bits per heavy atom. The summed E-state index contributed by atoms with van der Waals surface area (Å²) in [6.07, 6.45) is 2.97. The fraction of sp³-hybridized carbons (Fsp3) is 0.0714. The molecule has 3 heterocycles. The van der Waals surface area contributed by atoms with Crippen molar-refractivity contribution in [2.75, 3.05) is 0 Å². The van der Waals surface area contributed by atoms with E-state index in [2.05, 4.69) is 9.97 Å². The molecule has 3 rings (SSSR count). The van der Waals surface area contributed by atoms with Crippen molar-refractivity contribution in [3.8, 4) is 10.8 Å². The van der Waals surface area contributed by atoms with Crippen LogP contribution in [0.3, 0.4) is 0 Å². The maximum Gasteiger partial charge on any atom is 0.341 e. The van der Waals surface area contributed by atoms with E-state index in [0.717, 1.165) is 4.88 Å². The minimum Gasteiger partial charge on any atom is -0.455 e. The Morgan fingerprint density at radius 3 is 3.05 bits per heavy atom. The van der Waals surface area contributed by atoms with Crippen molar-refractivity contribution in [1.82, 2.24) is 9.97 Å². The van der Waals surface area contributed by atoms with E-state index < -0.39 is 5.97 Å². The zero-order valence-corrected chi connectivity index (χ0v) is 12.2. The van der Waals surface area contributed by atoms with Crippen molar-refractivity contribution in [3.05, 3.63) is 58.5 Å². The molecule has 0 saturated heterocycles. The second-order valence-corrected chi connectivity index (χ2v) is 5.34. The van der Waals surface area contributed by atoms with Crippen LogP contribution in [-0.4, -0.2) is 15.9 Å². The van der Waals surface area contributed by atoms with Crippen LogP contribution in [0.25, 0.3) is 10.8 Å². The number of thiophene rings is 1. The summed E-state index contributed by atoms with van der Waals surface area (Å²) in [7, 11) is 0. The van der Waals surface area contributed by atoms with Gasteiger partial charge in [-0.15, -0.1) is 11.3 Å². The lowest BCUT2D eigenvalue weighted by atomic mass is 10.3. The molecule has 0 amide bonds. The summed E-state index contributed by atoms with van der Waals surface area (Å²) in [5.74, 6) is -0.0377. The third kappa shape index (κ3) is 3.12. The van der Waals surface area contributed by atoms with Gasteiger partial charge in [0.25, 0.3) is 0 Å². The van der Waals surface area contributed by atoms with Crippen LogP contribution in [0.1, 0.15) is 16.1 Å². The molecule has 0 spiro atoms. The highest BCUT2D eigenvalue weighted by Crippen LogP contribution is 2.24. The molecular weight excluding hydrogens is 312 g/mol. The fourth-order valence-corrected chi connectivity index (χ4v) is 2.49. The van der Waals surface area contributed by atoms with E-state index in [1.807, 2.05) is 17.5 Å². The van der Waals surface area contributed by atoms with Crippen LogP contribution in [0.2, 0.25) is 5.15 Å². The predicted molar refractivity (Wildman–Crippen MR) is 78.2 cm³/mol. The molecule has 0 N–H and O–H groups in total. The molecule has 21 heavy (non-hydrogen) atoms. The van der Waals surface area contributed by atoms with Gasteiger partial charge in [0.15, 0.2) is 0 Å². The first-order valence-corrected chi connectivity index (χ1v) is 7.26. The zero-order valence-electron chi connectivity index (χ0n) is 10.7. The second kappa shape index (κ2) is 6.07. The highest BCUT2D eigenvalue weighted by Gasteiger charge is 2.14. The van der Waals surface area contributed by atoms with E-state index in [9.17, 15) is 4.79 Å². The molecule has 0 aromatic carbocycles. The average Bonchev–Trinajstić information content (AvgIpc) is 3.16. The van der Waals surface area contributed by atoms with Gasteiger partial charge in [0, 0.05) is 6.20 Å². The van der Waals surface area contributed by atoms with Gasteiger partial charge in [-0.05, 0) is 23.6 Å². The molecule has 0 radical (unpaired) electrons. The first-order chi connectivity index (χ1) is 10.2. The van der Waals surface area contributed by atoms with Crippen LogP contribution in [0.15, 0.2) is 46.5 Å². The Morgan fingerprint density at radius 1 is 1.38 bits per heavy atom. The third-order valence-corrected chi connectivity index (χ3v) is 3.77. The van der Waals surface area contributed by atoms with E-state index >= 15 is 0 Å². The lowest BCUT2D eigenvalue weighted by Crippen LogP contribution is -2.06. The van der Waals surface area contributed by atoms with Gasteiger partial charge in [-0.3, -0.25) is 0 Å². The first kappa shape index (κ1) is 13.8. The quantitative estimate of drug-likeness (QED) is 0.540. The molecule has 0 bridgehead atoms. The molecule has 106 valence electrons. The Kier molecular flexibility index (Phi) is 3.98. The summed E-state index contributed by atoms with van der Waals surface area (Å²) in [5.41, 5.74) is 0.757. The van der Waals surface area contributed by atoms with Gasteiger partial charge < -0.3 is 9.15 Å². The van der Waals surface area contributed by atoms with E-state index in [-0.39, 0.29) is 17.3 Å². The maximum absolute atomic E-state index is 11.9. The fourth-order valence-electron chi connectivity index (χ4n) is 1.64. The van der Waals surface area contributed by atoms with Crippen LogP contribution >= 0.6 is 22.9 Å². The molecule has 0 atom stereocenters. The van der Waals surface area contributed by atoms with Crippen LogP contribution in [0, 0.1) is 0 Å². The number of hydrogen-bond acceptors (Lipinski definition) is 6. The molecule has 5 nitrogen and oxygen atoms in total. The summed E-state index contributed by atoms with van der Waals surface area (Å²) >= 11 is 7.35. The van der Waals surface area contributed by atoms with Crippen molar-refractivity contribution in [1.29, 1.82) is 0 Å². The van der Waals surface area contributed by atoms with Crippen LogP contribution in [-0.2, 0) is 11.3 Å². The number of carbonyl (C=O) groups excluding carboxylic acids is 1. The van der Waals surface area contributed by atoms with E-state index in [1.54, 1.807) is 12.1 Å². The van der Waals surface area contributed by atoms with E-state index in [1.165, 1.54) is 23.8 Å². The molecule has 0 unspecified atom stereocenters. The molecule has 3 aromatic rings. The summed E-state index contributed by atoms with van der Waals surface area (Å²) in [6.45, 7) is 0.0128. The SMILES string of the molecule is O=C(OCc1coc(-c2cccs2)n1)c1cccnc1Cl. The van der Waals surface area contributed by atoms with Crippen molar-refractivity contribution >= 4 is 28.9 Å². The molecule has 3 aromatic heterocycles. The van der Waals surface area contributed by atoms with Gasteiger partial charge in [0.2, 0.25) is 5.89 Å². The normalized spacial score (nSPS) is 10.5. The van der Waals surface area contributed by atoms with Gasteiger partial charge in [0.05, 0.1) is 10.4 Å². The first-order valence-electron chi connectivity index (χ1n) is 6.00. The molecule has 0 fully saturated rings. The highest BCUT2D eigenvalue weighted by molar-refractivity contribution is 7.13. The number of rotatable bonds is 4. The van der Waals surface area contributed by atoms with Gasteiger partial charge in [-0.2, -0.15) is 0 Å². The smallest absolute Gasteiger partial charge is 0.341 e. The lowest BCUT2D eigenvalue weighted by molar-refractivity contribution is 0.0467. The minimum atomic E-state index is -0.547. The van der Waals surface area contributed by atoms with Crippen molar-refractivity contribution in [2.24, 2.45) is 0 Å². The summed E-state index contributed by atoms with van der Waals surface area (Å²) in [5, 5.41) is 2.05. The topological polar surface area (TPSA) is 65.2 Å². The number of aromatic nitrogens is 2. The zero-order chi connectivity index (χ0) is 14.7. The molecule has 0 aliphatic carbocycles. The second-order valence-electron chi connectivity index (χ2n) is 4.04. The number of oxazole rings is 1. The highest BCUT2D eigenvalue weighted by atomic mass is 35.5. The predicted octanol–water partition coefficient (Wildman–Crippen LogP) is 3.81. The number of halogens is 1. The molecule has 7 heteroatoms. The standard InChI is InChI=1S/C14H9ClN2O3S/c15-12-10(3-1-5-16-12)14(18)20-8-9-7-19-13(17-9)11-4-2-6-21-11/h1-7H,8H2. The third-order valence-electron chi connectivity index (χ3n) is 2.61. The Balaban J connectivity index is 1.66. The maximum atomic E-state index is 11.9. The number of ether oxygens (including phenoxy) is 1. The Hall–Kier alpha value is -2.18. The number of nitrogens with zero attached hydrogens (tertiary/aromatic N) is 2. The van der Waals surface area contributed by atoms with Crippen LogP contribution in [0.5, 0.6) is 0 Å². The molecular formula is C14H9ClN2O3S. The summed E-state index contributed by atoms with van der Waals surface area (Å²) in [6, 6.07) is 6.99.